The van der Waals surface area contributed by atoms with Gasteiger partial charge in [0.15, 0.2) is 0 Å². The van der Waals surface area contributed by atoms with E-state index >= 15 is 0 Å². The molecule has 102 valence electrons. The SMILES string of the molecule is CCC(C)CC(CC)N[C@@H](C)C1CCCCC1. The highest BCUT2D eigenvalue weighted by atomic mass is 14.9. The largest absolute Gasteiger partial charge is 0.311 e. The Hall–Kier alpha value is -0.0400. The zero-order valence-corrected chi connectivity index (χ0v) is 12.5. The van der Waals surface area contributed by atoms with Gasteiger partial charge in [-0.05, 0) is 44.4 Å². The summed E-state index contributed by atoms with van der Waals surface area (Å²) in [5, 5.41) is 3.90. The van der Waals surface area contributed by atoms with E-state index in [4.69, 9.17) is 0 Å². The molecule has 0 aromatic carbocycles. The Morgan fingerprint density at radius 3 is 2.18 bits per heavy atom. The summed E-state index contributed by atoms with van der Waals surface area (Å²) in [6, 6.07) is 1.46. The normalized spacial score (nSPS) is 23.3. The molecule has 1 heteroatoms. The minimum Gasteiger partial charge on any atom is -0.311 e. The van der Waals surface area contributed by atoms with Gasteiger partial charge in [-0.2, -0.15) is 0 Å². The van der Waals surface area contributed by atoms with E-state index in [1.165, 1.54) is 51.4 Å². The molecule has 0 saturated heterocycles. The summed E-state index contributed by atoms with van der Waals surface area (Å²) in [6.07, 6.45) is 11.2. The van der Waals surface area contributed by atoms with Gasteiger partial charge >= 0.3 is 0 Å². The maximum atomic E-state index is 3.90. The van der Waals surface area contributed by atoms with Crippen molar-refractivity contribution >= 4 is 0 Å². The van der Waals surface area contributed by atoms with Gasteiger partial charge in [0.05, 0.1) is 0 Å². The Labute approximate surface area is 109 Å². The Bertz CT molecular complexity index is 184. The van der Waals surface area contributed by atoms with Gasteiger partial charge in [-0.3, -0.25) is 0 Å². The summed E-state index contributed by atoms with van der Waals surface area (Å²) in [5.41, 5.74) is 0. The summed E-state index contributed by atoms with van der Waals surface area (Å²) >= 11 is 0. The van der Waals surface area contributed by atoms with E-state index in [-0.39, 0.29) is 0 Å². The van der Waals surface area contributed by atoms with Crippen molar-refractivity contribution in [3.05, 3.63) is 0 Å². The smallest absolute Gasteiger partial charge is 0.00695 e. The van der Waals surface area contributed by atoms with Crippen LogP contribution in [-0.2, 0) is 0 Å². The minimum atomic E-state index is 0.726. The van der Waals surface area contributed by atoms with Crippen LogP contribution in [0.25, 0.3) is 0 Å². The van der Waals surface area contributed by atoms with E-state index in [2.05, 4.69) is 33.0 Å². The monoisotopic (exact) mass is 239 g/mol. The quantitative estimate of drug-likeness (QED) is 0.675. The molecule has 1 saturated carbocycles. The van der Waals surface area contributed by atoms with Crippen LogP contribution in [0.3, 0.4) is 0 Å². The fraction of sp³-hybridized carbons (Fsp3) is 1.00. The van der Waals surface area contributed by atoms with Crippen LogP contribution < -0.4 is 5.32 Å². The highest BCUT2D eigenvalue weighted by Gasteiger charge is 2.22. The van der Waals surface area contributed by atoms with E-state index in [0.717, 1.165) is 23.9 Å². The second kappa shape index (κ2) is 8.13. The molecule has 1 rings (SSSR count). The molecule has 0 heterocycles. The van der Waals surface area contributed by atoms with Gasteiger partial charge < -0.3 is 5.32 Å². The van der Waals surface area contributed by atoms with Crippen molar-refractivity contribution in [2.45, 2.75) is 91.1 Å². The molecule has 17 heavy (non-hydrogen) atoms. The minimum absolute atomic E-state index is 0.726. The van der Waals surface area contributed by atoms with E-state index in [1.54, 1.807) is 0 Å². The third-order valence-corrected chi connectivity index (χ3v) is 4.73. The van der Waals surface area contributed by atoms with Crippen molar-refractivity contribution < 1.29 is 0 Å². The van der Waals surface area contributed by atoms with Crippen molar-refractivity contribution in [2.24, 2.45) is 11.8 Å². The molecule has 0 radical (unpaired) electrons. The summed E-state index contributed by atoms with van der Waals surface area (Å²) < 4.78 is 0. The highest BCUT2D eigenvalue weighted by Crippen LogP contribution is 2.27. The average molecular weight is 239 g/mol. The van der Waals surface area contributed by atoms with Gasteiger partial charge in [0, 0.05) is 12.1 Å². The first-order chi connectivity index (χ1) is 8.17. The topological polar surface area (TPSA) is 12.0 Å². The summed E-state index contributed by atoms with van der Waals surface area (Å²) in [7, 11) is 0. The molecule has 0 bridgehead atoms. The standard InChI is InChI=1S/C16H33N/c1-5-13(3)12-16(6-2)17-14(4)15-10-8-7-9-11-15/h13-17H,5-12H2,1-4H3/t13?,14-,16?/m0/s1. The molecule has 1 aliphatic carbocycles. The predicted octanol–water partition coefficient (Wildman–Crippen LogP) is 4.76. The van der Waals surface area contributed by atoms with Crippen LogP contribution in [-0.4, -0.2) is 12.1 Å². The molecule has 3 atom stereocenters. The van der Waals surface area contributed by atoms with Crippen molar-refractivity contribution in [1.82, 2.24) is 5.32 Å². The van der Waals surface area contributed by atoms with Crippen molar-refractivity contribution in [3.8, 4) is 0 Å². The molecule has 1 N–H and O–H groups in total. The van der Waals surface area contributed by atoms with E-state index in [9.17, 15) is 0 Å². The first kappa shape index (κ1) is 15.0. The maximum absolute atomic E-state index is 3.90. The Kier molecular flexibility index (Phi) is 7.18. The van der Waals surface area contributed by atoms with Crippen LogP contribution in [0, 0.1) is 11.8 Å². The van der Waals surface area contributed by atoms with Crippen LogP contribution in [0.2, 0.25) is 0 Å². The zero-order chi connectivity index (χ0) is 12.7. The van der Waals surface area contributed by atoms with Gasteiger partial charge in [-0.25, -0.2) is 0 Å². The maximum Gasteiger partial charge on any atom is 0.00695 e. The number of hydrogen-bond donors (Lipinski definition) is 1. The molecular formula is C16H33N. The molecule has 0 aromatic heterocycles. The third-order valence-electron chi connectivity index (χ3n) is 4.73. The van der Waals surface area contributed by atoms with Crippen LogP contribution >= 0.6 is 0 Å². The molecule has 1 nitrogen and oxygen atoms in total. The molecule has 1 fully saturated rings. The highest BCUT2D eigenvalue weighted by molar-refractivity contribution is 4.79. The first-order valence-corrected chi connectivity index (χ1v) is 7.93. The summed E-state index contributed by atoms with van der Waals surface area (Å²) in [5.74, 6) is 1.81. The predicted molar refractivity (Wildman–Crippen MR) is 77.3 cm³/mol. The van der Waals surface area contributed by atoms with Crippen molar-refractivity contribution in [3.63, 3.8) is 0 Å². The zero-order valence-electron chi connectivity index (χ0n) is 12.5. The molecule has 0 aliphatic heterocycles. The molecule has 0 amide bonds. The first-order valence-electron chi connectivity index (χ1n) is 7.93. The summed E-state index contributed by atoms with van der Waals surface area (Å²) in [4.78, 5) is 0. The fourth-order valence-corrected chi connectivity index (χ4v) is 3.15. The fourth-order valence-electron chi connectivity index (χ4n) is 3.15. The summed E-state index contributed by atoms with van der Waals surface area (Å²) in [6.45, 7) is 9.43. The van der Waals surface area contributed by atoms with Crippen LogP contribution in [0.15, 0.2) is 0 Å². The van der Waals surface area contributed by atoms with E-state index in [0.29, 0.717) is 0 Å². The van der Waals surface area contributed by atoms with Crippen LogP contribution in [0.4, 0.5) is 0 Å². The lowest BCUT2D eigenvalue weighted by molar-refractivity contribution is 0.248. The van der Waals surface area contributed by atoms with Crippen LogP contribution in [0.1, 0.15) is 79.1 Å². The lowest BCUT2D eigenvalue weighted by atomic mass is 9.84. The van der Waals surface area contributed by atoms with E-state index < -0.39 is 0 Å². The second-order valence-electron chi connectivity index (χ2n) is 6.21. The van der Waals surface area contributed by atoms with Gasteiger partial charge in [0.2, 0.25) is 0 Å². The molecule has 0 spiro atoms. The lowest BCUT2D eigenvalue weighted by Gasteiger charge is -2.32. The molecule has 0 aromatic rings. The molecule has 2 unspecified atom stereocenters. The number of hydrogen-bond acceptors (Lipinski definition) is 1. The Morgan fingerprint density at radius 1 is 1.00 bits per heavy atom. The van der Waals surface area contributed by atoms with Crippen molar-refractivity contribution in [2.75, 3.05) is 0 Å². The van der Waals surface area contributed by atoms with Gasteiger partial charge in [-0.1, -0.05) is 46.5 Å². The number of nitrogens with one attached hydrogen (secondary N) is 1. The number of rotatable bonds is 7. The van der Waals surface area contributed by atoms with Crippen molar-refractivity contribution in [1.29, 1.82) is 0 Å². The van der Waals surface area contributed by atoms with Gasteiger partial charge in [0.25, 0.3) is 0 Å². The van der Waals surface area contributed by atoms with E-state index in [1.807, 2.05) is 0 Å². The molecule has 1 aliphatic rings. The average Bonchev–Trinajstić information content (AvgIpc) is 2.38. The lowest BCUT2D eigenvalue weighted by Crippen LogP contribution is -2.42. The van der Waals surface area contributed by atoms with Gasteiger partial charge in [-0.15, -0.1) is 0 Å². The Balaban J connectivity index is 2.32. The van der Waals surface area contributed by atoms with Crippen LogP contribution in [0.5, 0.6) is 0 Å². The third kappa shape index (κ3) is 5.42. The molecular weight excluding hydrogens is 206 g/mol. The second-order valence-corrected chi connectivity index (χ2v) is 6.21. The Morgan fingerprint density at radius 2 is 1.65 bits per heavy atom. The van der Waals surface area contributed by atoms with Gasteiger partial charge in [0.1, 0.15) is 0 Å².